The molecule has 1 heterocycles. The molecule has 1 aliphatic rings. The zero-order chi connectivity index (χ0) is 21.8. The maximum Gasteiger partial charge on any atom is 0.339 e. The maximum atomic E-state index is 12.9. The summed E-state index contributed by atoms with van der Waals surface area (Å²) in [6.07, 6.45) is 3.60. The normalized spacial score (nSPS) is 12.7. The van der Waals surface area contributed by atoms with Crippen LogP contribution in [0.4, 0.5) is 0 Å². The molecule has 2 aromatic carbocycles. The number of esters is 1. The Morgan fingerprint density at radius 3 is 2.52 bits per heavy atom. The molecule has 0 saturated heterocycles. The number of benzene rings is 2. The first-order valence-corrected chi connectivity index (χ1v) is 10.7. The second-order valence-corrected chi connectivity index (χ2v) is 8.14. The quantitative estimate of drug-likeness (QED) is 0.439. The van der Waals surface area contributed by atoms with Gasteiger partial charge in [-0.2, -0.15) is 0 Å². The summed E-state index contributed by atoms with van der Waals surface area (Å²) in [6, 6.07) is 14.1. The highest BCUT2D eigenvalue weighted by Crippen LogP contribution is 2.29. The molecule has 2 N–H and O–H groups in total. The van der Waals surface area contributed by atoms with Crippen LogP contribution in [0.25, 0.3) is 10.9 Å². The molecule has 0 unspecified atom stereocenters. The monoisotopic (exact) mass is 481 g/mol. The van der Waals surface area contributed by atoms with Gasteiger partial charge >= 0.3 is 5.97 Å². The molecule has 3 aromatic rings. The highest BCUT2D eigenvalue weighted by Gasteiger charge is 2.24. The largest absolute Gasteiger partial charge is 0.452 e. The van der Waals surface area contributed by atoms with Crippen LogP contribution in [0.3, 0.4) is 0 Å². The van der Waals surface area contributed by atoms with Gasteiger partial charge in [-0.25, -0.2) is 4.79 Å². The van der Waals surface area contributed by atoms with Crippen LogP contribution in [0.15, 0.2) is 53.0 Å². The minimum atomic E-state index is -0.633. The van der Waals surface area contributed by atoms with Gasteiger partial charge < -0.3 is 4.74 Å². The molecule has 158 valence electrons. The number of carbonyl (C=O) groups excluding carboxylic acids is 3. The standard InChI is InChI=1S/C23H20BrN3O4/c24-15-11-9-14(10-12-15)22(29)27-26-20(28)13-31-23(30)21-16-5-1-3-7-18(16)25-19-8-4-2-6-17(19)21/h1,3,5,7,9-12H,2,4,6,8,13H2,(H,26,28)(H,27,29). The van der Waals surface area contributed by atoms with Crippen LogP contribution in [0.1, 0.15) is 44.8 Å². The van der Waals surface area contributed by atoms with Gasteiger partial charge in [-0.05, 0) is 61.6 Å². The molecule has 0 saturated carbocycles. The summed E-state index contributed by atoms with van der Waals surface area (Å²) in [4.78, 5) is 41.8. The summed E-state index contributed by atoms with van der Waals surface area (Å²) in [5.74, 6) is -1.67. The number of hydrogen-bond acceptors (Lipinski definition) is 5. The van der Waals surface area contributed by atoms with Gasteiger partial charge in [0.15, 0.2) is 6.61 Å². The molecule has 0 aliphatic heterocycles. The van der Waals surface area contributed by atoms with Gasteiger partial charge in [0.25, 0.3) is 11.8 Å². The van der Waals surface area contributed by atoms with E-state index in [1.165, 1.54) is 0 Å². The second-order valence-electron chi connectivity index (χ2n) is 7.22. The van der Waals surface area contributed by atoms with Crippen molar-refractivity contribution >= 4 is 44.6 Å². The summed E-state index contributed by atoms with van der Waals surface area (Å²) < 4.78 is 6.12. The van der Waals surface area contributed by atoms with E-state index in [9.17, 15) is 14.4 Å². The molecule has 1 aliphatic carbocycles. The average Bonchev–Trinajstić information content (AvgIpc) is 2.79. The van der Waals surface area contributed by atoms with Crippen molar-refractivity contribution in [2.24, 2.45) is 0 Å². The molecule has 0 bridgehead atoms. The van der Waals surface area contributed by atoms with Crippen LogP contribution in [-0.2, 0) is 22.4 Å². The van der Waals surface area contributed by atoms with E-state index >= 15 is 0 Å². The van der Waals surface area contributed by atoms with Crippen LogP contribution in [0.2, 0.25) is 0 Å². The minimum Gasteiger partial charge on any atom is -0.452 e. The fourth-order valence-electron chi connectivity index (χ4n) is 3.64. The summed E-state index contributed by atoms with van der Waals surface area (Å²) >= 11 is 3.29. The van der Waals surface area contributed by atoms with Crippen LogP contribution in [-0.4, -0.2) is 29.4 Å². The number of ether oxygens (including phenoxy) is 1. The first-order valence-electron chi connectivity index (χ1n) is 9.95. The topological polar surface area (TPSA) is 97.4 Å². The molecule has 7 nitrogen and oxygen atoms in total. The fourth-order valence-corrected chi connectivity index (χ4v) is 3.91. The third-order valence-corrected chi connectivity index (χ3v) is 5.66. The lowest BCUT2D eigenvalue weighted by atomic mass is 9.90. The lowest BCUT2D eigenvalue weighted by molar-refractivity contribution is -0.125. The molecular weight excluding hydrogens is 462 g/mol. The molecule has 0 radical (unpaired) electrons. The molecule has 4 rings (SSSR count). The minimum absolute atomic E-state index is 0.385. The highest BCUT2D eigenvalue weighted by molar-refractivity contribution is 9.10. The summed E-state index contributed by atoms with van der Waals surface area (Å²) in [5.41, 5.74) is 7.99. The zero-order valence-corrected chi connectivity index (χ0v) is 18.2. The molecule has 1 aromatic heterocycles. The number of fused-ring (bicyclic) bond motifs is 2. The Morgan fingerprint density at radius 1 is 0.968 bits per heavy atom. The van der Waals surface area contributed by atoms with E-state index in [-0.39, 0.29) is 0 Å². The Kier molecular flexibility index (Phi) is 6.27. The lowest BCUT2D eigenvalue weighted by Gasteiger charge is -2.19. The van der Waals surface area contributed by atoms with Crippen molar-refractivity contribution in [1.29, 1.82) is 0 Å². The number of amides is 2. The van der Waals surface area contributed by atoms with Crippen molar-refractivity contribution in [1.82, 2.24) is 15.8 Å². The molecular formula is C23H20BrN3O4. The highest BCUT2D eigenvalue weighted by atomic mass is 79.9. The van der Waals surface area contributed by atoms with Crippen LogP contribution >= 0.6 is 15.9 Å². The second kappa shape index (κ2) is 9.26. The van der Waals surface area contributed by atoms with Gasteiger partial charge in [0.2, 0.25) is 0 Å². The SMILES string of the molecule is O=C(COC(=O)c1c2c(nc3ccccc13)CCCC2)NNC(=O)c1ccc(Br)cc1. The van der Waals surface area contributed by atoms with E-state index < -0.39 is 24.4 Å². The predicted molar refractivity (Wildman–Crippen MR) is 118 cm³/mol. The number of aromatic nitrogens is 1. The third kappa shape index (κ3) is 4.74. The molecule has 0 fully saturated rings. The maximum absolute atomic E-state index is 12.9. The molecule has 31 heavy (non-hydrogen) atoms. The molecule has 0 spiro atoms. The van der Waals surface area contributed by atoms with Gasteiger partial charge in [0.05, 0.1) is 11.1 Å². The first kappa shape index (κ1) is 21.0. The van der Waals surface area contributed by atoms with E-state index in [0.29, 0.717) is 11.1 Å². The Hall–Kier alpha value is -3.26. The lowest BCUT2D eigenvalue weighted by Crippen LogP contribution is -2.43. The molecule has 2 amide bonds. The zero-order valence-electron chi connectivity index (χ0n) is 16.6. The van der Waals surface area contributed by atoms with E-state index in [1.807, 2.05) is 24.3 Å². The Morgan fingerprint density at radius 2 is 1.71 bits per heavy atom. The van der Waals surface area contributed by atoms with Crippen LogP contribution in [0, 0.1) is 0 Å². The Bertz CT molecular complexity index is 1160. The number of rotatable bonds is 4. The summed E-state index contributed by atoms with van der Waals surface area (Å²) in [7, 11) is 0. The fraction of sp³-hybridized carbons (Fsp3) is 0.217. The number of hydrogen-bond donors (Lipinski definition) is 2. The van der Waals surface area contributed by atoms with Crippen molar-refractivity contribution in [3.63, 3.8) is 0 Å². The Balaban J connectivity index is 1.42. The number of carbonyl (C=O) groups is 3. The number of halogens is 1. The van der Waals surface area contributed by atoms with Crippen molar-refractivity contribution in [3.8, 4) is 0 Å². The average molecular weight is 482 g/mol. The van der Waals surface area contributed by atoms with E-state index in [1.54, 1.807) is 24.3 Å². The number of pyridine rings is 1. The van der Waals surface area contributed by atoms with Gasteiger partial charge in [-0.15, -0.1) is 0 Å². The number of hydrazine groups is 1. The van der Waals surface area contributed by atoms with Crippen molar-refractivity contribution in [2.75, 3.05) is 6.61 Å². The van der Waals surface area contributed by atoms with Crippen molar-refractivity contribution in [2.45, 2.75) is 25.7 Å². The predicted octanol–water partition coefficient (Wildman–Crippen LogP) is 3.49. The number of nitrogens with zero attached hydrogens (tertiary/aromatic N) is 1. The molecule has 0 atom stereocenters. The molecule has 8 heteroatoms. The smallest absolute Gasteiger partial charge is 0.339 e. The van der Waals surface area contributed by atoms with Gasteiger partial charge in [0, 0.05) is 21.1 Å². The van der Waals surface area contributed by atoms with Crippen molar-refractivity contribution in [3.05, 3.63) is 75.4 Å². The first-order chi connectivity index (χ1) is 15.0. The number of para-hydroxylation sites is 1. The Labute approximate surface area is 187 Å². The number of aryl methyl sites for hydroxylation is 1. The van der Waals surface area contributed by atoms with Crippen molar-refractivity contribution < 1.29 is 19.1 Å². The van der Waals surface area contributed by atoms with E-state index in [2.05, 4.69) is 26.8 Å². The summed E-state index contributed by atoms with van der Waals surface area (Å²) in [6.45, 7) is -0.509. The number of nitrogens with one attached hydrogen (secondary N) is 2. The van der Waals surface area contributed by atoms with E-state index in [0.717, 1.165) is 52.3 Å². The van der Waals surface area contributed by atoms with Crippen LogP contribution in [0.5, 0.6) is 0 Å². The van der Waals surface area contributed by atoms with Gasteiger partial charge in [0.1, 0.15) is 0 Å². The van der Waals surface area contributed by atoms with E-state index in [4.69, 9.17) is 9.72 Å². The van der Waals surface area contributed by atoms with Gasteiger partial charge in [-0.1, -0.05) is 34.1 Å². The van der Waals surface area contributed by atoms with Crippen LogP contribution < -0.4 is 10.9 Å². The summed E-state index contributed by atoms with van der Waals surface area (Å²) in [5, 5.41) is 0.720. The third-order valence-electron chi connectivity index (χ3n) is 5.13. The van der Waals surface area contributed by atoms with Gasteiger partial charge in [-0.3, -0.25) is 25.4 Å².